The van der Waals surface area contributed by atoms with E-state index in [1.807, 2.05) is 12.1 Å². The first-order valence-electron chi connectivity index (χ1n) is 5.37. The number of nitrogens with one attached hydrogen (secondary N) is 1. The molecule has 1 saturated heterocycles. The van der Waals surface area contributed by atoms with Gasteiger partial charge in [-0.25, -0.2) is 4.39 Å². The Kier molecular flexibility index (Phi) is 3.69. The molecule has 0 bridgehead atoms. The number of hydrogen-bond acceptors (Lipinski definition) is 2. The monoisotopic (exact) mass is 209 g/mol. The number of halogens is 1. The third-order valence-corrected chi connectivity index (χ3v) is 2.65. The van der Waals surface area contributed by atoms with Crippen molar-refractivity contribution in [2.24, 2.45) is 5.92 Å². The Morgan fingerprint density at radius 1 is 1.33 bits per heavy atom. The van der Waals surface area contributed by atoms with E-state index < -0.39 is 0 Å². The molecule has 82 valence electrons. The molecule has 1 N–H and O–H groups in total. The van der Waals surface area contributed by atoms with Crippen LogP contribution in [0.5, 0.6) is 0 Å². The van der Waals surface area contributed by atoms with Crippen LogP contribution in [0, 0.1) is 11.7 Å². The average Bonchev–Trinajstić information content (AvgIpc) is 2.50. The van der Waals surface area contributed by atoms with E-state index in [4.69, 9.17) is 4.74 Å². The van der Waals surface area contributed by atoms with Crippen molar-refractivity contribution in [3.8, 4) is 0 Å². The molecule has 0 spiro atoms. The van der Waals surface area contributed by atoms with Crippen molar-refractivity contribution in [3.05, 3.63) is 35.6 Å². The lowest BCUT2D eigenvalue weighted by Gasteiger charge is -2.13. The Bertz CT molecular complexity index is 291. The second-order valence-corrected chi connectivity index (χ2v) is 3.98. The van der Waals surface area contributed by atoms with Gasteiger partial charge in [0.1, 0.15) is 5.82 Å². The van der Waals surface area contributed by atoms with Crippen LogP contribution in [0.1, 0.15) is 5.56 Å². The zero-order valence-electron chi connectivity index (χ0n) is 8.71. The molecule has 2 nitrogen and oxygen atoms in total. The van der Waals surface area contributed by atoms with Crippen molar-refractivity contribution in [1.29, 1.82) is 0 Å². The second kappa shape index (κ2) is 5.24. The molecule has 0 amide bonds. The highest BCUT2D eigenvalue weighted by Crippen LogP contribution is 2.11. The first kappa shape index (κ1) is 10.6. The molecule has 0 aliphatic carbocycles. The molecule has 1 aromatic rings. The van der Waals surface area contributed by atoms with Crippen LogP contribution in [0.2, 0.25) is 0 Å². The van der Waals surface area contributed by atoms with Crippen molar-refractivity contribution < 1.29 is 9.13 Å². The summed E-state index contributed by atoms with van der Waals surface area (Å²) in [6, 6.07) is 6.72. The van der Waals surface area contributed by atoms with Gasteiger partial charge in [-0.05, 0) is 30.0 Å². The molecule has 1 aromatic carbocycles. The minimum absolute atomic E-state index is 0.172. The zero-order chi connectivity index (χ0) is 10.5. The van der Waals surface area contributed by atoms with Crippen LogP contribution in [0.3, 0.4) is 0 Å². The van der Waals surface area contributed by atoms with E-state index in [2.05, 4.69) is 5.32 Å². The summed E-state index contributed by atoms with van der Waals surface area (Å²) in [6.45, 7) is 3.50. The van der Waals surface area contributed by atoms with Gasteiger partial charge in [0, 0.05) is 13.1 Å². The Labute approximate surface area is 89.4 Å². The lowest BCUT2D eigenvalue weighted by molar-refractivity contribution is 0.123. The largest absolute Gasteiger partial charge is 0.380 e. The normalized spacial score (nSPS) is 22.3. The fraction of sp³-hybridized carbons (Fsp3) is 0.500. The maximum absolute atomic E-state index is 12.7. The number of rotatable bonds is 2. The molecule has 0 unspecified atom stereocenters. The predicted molar refractivity (Wildman–Crippen MR) is 57.3 cm³/mol. The van der Waals surface area contributed by atoms with Crippen molar-refractivity contribution in [2.45, 2.75) is 6.42 Å². The van der Waals surface area contributed by atoms with Crippen LogP contribution in [-0.4, -0.2) is 26.3 Å². The minimum Gasteiger partial charge on any atom is -0.380 e. The maximum atomic E-state index is 12.7. The van der Waals surface area contributed by atoms with Crippen molar-refractivity contribution in [2.75, 3.05) is 26.3 Å². The Morgan fingerprint density at radius 2 is 2.13 bits per heavy atom. The molecule has 3 heteroatoms. The van der Waals surface area contributed by atoms with Gasteiger partial charge < -0.3 is 10.1 Å². The average molecular weight is 209 g/mol. The summed E-state index contributed by atoms with van der Waals surface area (Å²) < 4.78 is 18.2. The summed E-state index contributed by atoms with van der Waals surface area (Å²) in [5, 5.41) is 3.33. The molecule has 1 heterocycles. The highest BCUT2D eigenvalue weighted by Gasteiger charge is 2.12. The molecule has 1 aliphatic heterocycles. The van der Waals surface area contributed by atoms with Crippen LogP contribution in [0.4, 0.5) is 4.39 Å². The number of benzene rings is 1. The lowest BCUT2D eigenvalue weighted by atomic mass is 10.0. The van der Waals surface area contributed by atoms with Crippen LogP contribution < -0.4 is 5.32 Å². The Morgan fingerprint density at radius 3 is 2.93 bits per heavy atom. The molecule has 15 heavy (non-hydrogen) atoms. The summed E-state index contributed by atoms with van der Waals surface area (Å²) in [5.41, 5.74) is 1.17. The quantitative estimate of drug-likeness (QED) is 0.799. The van der Waals surface area contributed by atoms with Crippen molar-refractivity contribution in [3.63, 3.8) is 0 Å². The third-order valence-electron chi connectivity index (χ3n) is 2.65. The number of hydrogen-bond donors (Lipinski definition) is 1. The smallest absolute Gasteiger partial charge is 0.123 e. The van der Waals surface area contributed by atoms with Gasteiger partial charge in [0.25, 0.3) is 0 Å². The molecule has 2 rings (SSSR count). The highest BCUT2D eigenvalue weighted by atomic mass is 19.1. The molecule has 0 radical (unpaired) electrons. The zero-order valence-corrected chi connectivity index (χ0v) is 8.71. The summed E-state index contributed by atoms with van der Waals surface area (Å²) in [7, 11) is 0. The second-order valence-electron chi connectivity index (χ2n) is 3.98. The van der Waals surface area contributed by atoms with Gasteiger partial charge >= 0.3 is 0 Å². The lowest BCUT2D eigenvalue weighted by Crippen LogP contribution is -2.24. The van der Waals surface area contributed by atoms with Crippen LogP contribution in [0.25, 0.3) is 0 Å². The molecule has 1 fully saturated rings. The summed E-state index contributed by atoms with van der Waals surface area (Å²) in [5.74, 6) is 0.326. The minimum atomic E-state index is -0.172. The van der Waals surface area contributed by atoms with Gasteiger partial charge in [0.05, 0.1) is 13.2 Å². The van der Waals surface area contributed by atoms with Crippen molar-refractivity contribution in [1.82, 2.24) is 5.32 Å². The van der Waals surface area contributed by atoms with E-state index in [1.54, 1.807) is 0 Å². The predicted octanol–water partition coefficient (Wildman–Crippen LogP) is 1.60. The van der Waals surface area contributed by atoms with Gasteiger partial charge in [-0.1, -0.05) is 12.1 Å². The summed E-state index contributed by atoms with van der Waals surface area (Å²) >= 11 is 0. The van der Waals surface area contributed by atoms with E-state index in [1.165, 1.54) is 17.7 Å². The van der Waals surface area contributed by atoms with Gasteiger partial charge in [0.15, 0.2) is 0 Å². The fourth-order valence-corrected chi connectivity index (χ4v) is 1.84. The summed E-state index contributed by atoms with van der Waals surface area (Å²) in [6.07, 6.45) is 0.952. The molecule has 1 atom stereocenters. The first-order valence-corrected chi connectivity index (χ1v) is 5.37. The number of ether oxygens (including phenoxy) is 1. The van der Waals surface area contributed by atoms with E-state index in [9.17, 15) is 4.39 Å². The maximum Gasteiger partial charge on any atom is 0.123 e. The molecular formula is C12H16FNO. The standard InChI is InChI=1S/C12H16FNO/c13-12-3-1-10(2-4-12)7-11-8-14-5-6-15-9-11/h1-4,11,14H,5-9H2/t11-/m0/s1. The Hall–Kier alpha value is -0.930. The topological polar surface area (TPSA) is 21.3 Å². The van der Waals surface area contributed by atoms with E-state index in [-0.39, 0.29) is 5.82 Å². The van der Waals surface area contributed by atoms with Gasteiger partial charge in [-0.15, -0.1) is 0 Å². The SMILES string of the molecule is Fc1ccc(C[C@H]2CNCCOC2)cc1. The molecule has 0 aromatic heterocycles. The molecule has 0 saturated carbocycles. The van der Waals surface area contributed by atoms with Crippen LogP contribution >= 0.6 is 0 Å². The molecular weight excluding hydrogens is 193 g/mol. The van der Waals surface area contributed by atoms with Gasteiger partial charge in [-0.2, -0.15) is 0 Å². The van der Waals surface area contributed by atoms with Gasteiger partial charge in [-0.3, -0.25) is 0 Å². The van der Waals surface area contributed by atoms with Crippen molar-refractivity contribution >= 4 is 0 Å². The van der Waals surface area contributed by atoms with E-state index >= 15 is 0 Å². The first-order chi connectivity index (χ1) is 7.34. The fourth-order valence-electron chi connectivity index (χ4n) is 1.84. The van der Waals surface area contributed by atoms with E-state index in [0.29, 0.717) is 5.92 Å². The van der Waals surface area contributed by atoms with Crippen LogP contribution in [0.15, 0.2) is 24.3 Å². The highest BCUT2D eigenvalue weighted by molar-refractivity contribution is 5.16. The van der Waals surface area contributed by atoms with Gasteiger partial charge in [0.2, 0.25) is 0 Å². The Balaban J connectivity index is 1.92. The van der Waals surface area contributed by atoms with Crippen LogP contribution in [-0.2, 0) is 11.2 Å². The summed E-state index contributed by atoms with van der Waals surface area (Å²) in [4.78, 5) is 0. The third kappa shape index (κ3) is 3.29. The molecule has 1 aliphatic rings. The van der Waals surface area contributed by atoms with E-state index in [0.717, 1.165) is 32.7 Å².